The van der Waals surface area contributed by atoms with Crippen molar-refractivity contribution in [2.75, 3.05) is 19.6 Å². The van der Waals surface area contributed by atoms with E-state index in [1.165, 1.54) is 5.56 Å². The van der Waals surface area contributed by atoms with Crippen molar-refractivity contribution in [2.24, 2.45) is 5.92 Å². The van der Waals surface area contributed by atoms with E-state index in [1.807, 2.05) is 38.1 Å². The minimum atomic E-state index is -0.387. The van der Waals surface area contributed by atoms with Crippen molar-refractivity contribution in [1.82, 2.24) is 15.5 Å². The van der Waals surface area contributed by atoms with E-state index in [-0.39, 0.29) is 36.6 Å². The fourth-order valence-corrected chi connectivity index (χ4v) is 2.59. The number of rotatable bonds is 6. The van der Waals surface area contributed by atoms with Gasteiger partial charge in [0.05, 0.1) is 12.5 Å². The molecule has 0 radical (unpaired) electrons. The molecule has 1 atom stereocenters. The van der Waals surface area contributed by atoms with Crippen molar-refractivity contribution in [1.29, 1.82) is 0 Å². The molecule has 0 aliphatic carbocycles. The van der Waals surface area contributed by atoms with Gasteiger partial charge < -0.3 is 15.5 Å². The van der Waals surface area contributed by atoms with E-state index in [0.29, 0.717) is 19.6 Å². The third kappa shape index (κ3) is 4.81. The molecule has 0 bridgehead atoms. The molecule has 1 fully saturated rings. The highest BCUT2D eigenvalue weighted by Crippen LogP contribution is 2.20. The number of nitrogens with one attached hydrogen (secondary N) is 2. The summed E-state index contributed by atoms with van der Waals surface area (Å²) < 4.78 is 0. The number of hydrogen-bond donors (Lipinski definition) is 2. The van der Waals surface area contributed by atoms with Gasteiger partial charge in [-0.1, -0.05) is 29.8 Å². The standard InChI is InChI=1S/C17H23N3O3/c1-3-18-15(21)9-19-17(23)14-8-16(22)20(11-14)10-13-6-4-12(2)5-7-13/h4-7,14H,3,8-11H2,1-2H3,(H,18,21)(H,19,23). The molecule has 1 aromatic rings. The van der Waals surface area contributed by atoms with Gasteiger partial charge in [-0.2, -0.15) is 0 Å². The quantitative estimate of drug-likeness (QED) is 0.806. The number of benzene rings is 1. The number of aryl methyl sites for hydroxylation is 1. The predicted octanol–water partition coefficient (Wildman–Crippen LogP) is 0.596. The van der Waals surface area contributed by atoms with Crippen molar-refractivity contribution in [2.45, 2.75) is 26.8 Å². The second-order valence-corrected chi connectivity index (χ2v) is 5.83. The number of nitrogens with zero attached hydrogens (tertiary/aromatic N) is 1. The van der Waals surface area contributed by atoms with Gasteiger partial charge in [0.25, 0.3) is 0 Å². The van der Waals surface area contributed by atoms with E-state index < -0.39 is 0 Å². The smallest absolute Gasteiger partial charge is 0.239 e. The lowest BCUT2D eigenvalue weighted by Crippen LogP contribution is -2.40. The second kappa shape index (κ2) is 7.76. The van der Waals surface area contributed by atoms with Gasteiger partial charge in [-0.15, -0.1) is 0 Å². The zero-order valence-electron chi connectivity index (χ0n) is 13.6. The normalized spacial score (nSPS) is 17.2. The van der Waals surface area contributed by atoms with Crippen LogP contribution in [0.25, 0.3) is 0 Å². The van der Waals surface area contributed by atoms with Crippen LogP contribution in [0.4, 0.5) is 0 Å². The van der Waals surface area contributed by atoms with Crippen LogP contribution in [0, 0.1) is 12.8 Å². The molecule has 124 valence electrons. The molecule has 3 amide bonds. The first-order valence-electron chi connectivity index (χ1n) is 7.87. The lowest BCUT2D eigenvalue weighted by molar-refractivity contribution is -0.129. The van der Waals surface area contributed by atoms with Crippen LogP contribution in [0.3, 0.4) is 0 Å². The molecule has 0 aromatic heterocycles. The molecule has 1 unspecified atom stereocenters. The van der Waals surface area contributed by atoms with Crippen LogP contribution in [-0.2, 0) is 20.9 Å². The first-order valence-corrected chi connectivity index (χ1v) is 7.87. The minimum absolute atomic E-state index is 0.0243. The highest BCUT2D eigenvalue weighted by atomic mass is 16.2. The Bertz CT molecular complexity index is 583. The summed E-state index contributed by atoms with van der Waals surface area (Å²) in [5, 5.41) is 5.21. The van der Waals surface area contributed by atoms with Crippen molar-refractivity contribution < 1.29 is 14.4 Å². The van der Waals surface area contributed by atoms with Crippen LogP contribution < -0.4 is 10.6 Å². The molecule has 1 heterocycles. The zero-order chi connectivity index (χ0) is 16.8. The van der Waals surface area contributed by atoms with Crippen molar-refractivity contribution >= 4 is 17.7 Å². The van der Waals surface area contributed by atoms with E-state index in [2.05, 4.69) is 10.6 Å². The van der Waals surface area contributed by atoms with Crippen LogP contribution in [0.5, 0.6) is 0 Å². The number of likely N-dealkylation sites (tertiary alicyclic amines) is 1. The average Bonchev–Trinajstić information content (AvgIpc) is 2.88. The summed E-state index contributed by atoms with van der Waals surface area (Å²) in [5.41, 5.74) is 2.22. The van der Waals surface area contributed by atoms with E-state index in [9.17, 15) is 14.4 Å². The lowest BCUT2D eigenvalue weighted by atomic mass is 10.1. The Morgan fingerprint density at radius 3 is 2.57 bits per heavy atom. The second-order valence-electron chi connectivity index (χ2n) is 5.83. The number of hydrogen-bond acceptors (Lipinski definition) is 3. The summed E-state index contributed by atoms with van der Waals surface area (Å²) in [5.74, 6) is -0.871. The Kier molecular flexibility index (Phi) is 5.73. The molecule has 2 rings (SSSR count). The average molecular weight is 317 g/mol. The fourth-order valence-electron chi connectivity index (χ4n) is 2.59. The van der Waals surface area contributed by atoms with E-state index in [1.54, 1.807) is 4.90 Å². The minimum Gasteiger partial charge on any atom is -0.355 e. The van der Waals surface area contributed by atoms with Crippen molar-refractivity contribution in [3.8, 4) is 0 Å². The highest BCUT2D eigenvalue weighted by molar-refractivity contribution is 5.91. The monoisotopic (exact) mass is 317 g/mol. The Morgan fingerprint density at radius 2 is 1.91 bits per heavy atom. The topological polar surface area (TPSA) is 78.5 Å². The van der Waals surface area contributed by atoms with E-state index in [0.717, 1.165) is 5.56 Å². The summed E-state index contributed by atoms with van der Waals surface area (Å²) in [6, 6.07) is 8.00. The Morgan fingerprint density at radius 1 is 1.22 bits per heavy atom. The number of amides is 3. The van der Waals surface area contributed by atoms with Gasteiger partial charge in [-0.25, -0.2) is 0 Å². The molecule has 1 aliphatic rings. The molecule has 1 aliphatic heterocycles. The van der Waals surface area contributed by atoms with Gasteiger partial charge in [-0.3, -0.25) is 14.4 Å². The SMILES string of the molecule is CCNC(=O)CNC(=O)C1CC(=O)N(Cc2ccc(C)cc2)C1. The molecule has 0 saturated carbocycles. The molecule has 6 heteroatoms. The first kappa shape index (κ1) is 17.0. The van der Waals surface area contributed by atoms with Gasteiger partial charge in [-0.05, 0) is 19.4 Å². The van der Waals surface area contributed by atoms with E-state index >= 15 is 0 Å². The number of likely N-dealkylation sites (N-methyl/N-ethyl adjacent to an activating group) is 1. The van der Waals surface area contributed by atoms with Crippen LogP contribution in [-0.4, -0.2) is 42.3 Å². The van der Waals surface area contributed by atoms with Crippen molar-refractivity contribution in [3.63, 3.8) is 0 Å². The third-order valence-electron chi connectivity index (χ3n) is 3.88. The third-order valence-corrected chi connectivity index (χ3v) is 3.88. The molecule has 6 nitrogen and oxygen atoms in total. The molecule has 1 saturated heterocycles. The van der Waals surface area contributed by atoms with Crippen LogP contribution in [0.15, 0.2) is 24.3 Å². The maximum Gasteiger partial charge on any atom is 0.239 e. The number of carbonyl (C=O) groups excluding carboxylic acids is 3. The van der Waals surface area contributed by atoms with Gasteiger partial charge in [0, 0.05) is 26.1 Å². The Balaban J connectivity index is 1.85. The fraction of sp³-hybridized carbons (Fsp3) is 0.471. The summed E-state index contributed by atoms with van der Waals surface area (Å²) >= 11 is 0. The predicted molar refractivity (Wildman–Crippen MR) is 86.4 cm³/mol. The van der Waals surface area contributed by atoms with Gasteiger partial charge in [0.1, 0.15) is 0 Å². The van der Waals surface area contributed by atoms with Gasteiger partial charge in [0.2, 0.25) is 17.7 Å². The molecular weight excluding hydrogens is 294 g/mol. The molecule has 1 aromatic carbocycles. The number of carbonyl (C=O) groups is 3. The largest absolute Gasteiger partial charge is 0.355 e. The van der Waals surface area contributed by atoms with E-state index in [4.69, 9.17) is 0 Å². The van der Waals surface area contributed by atoms with Gasteiger partial charge >= 0.3 is 0 Å². The van der Waals surface area contributed by atoms with Crippen LogP contribution in [0.2, 0.25) is 0 Å². The maximum atomic E-state index is 12.1. The summed E-state index contributed by atoms with van der Waals surface area (Å²) in [6.07, 6.45) is 0.201. The summed E-state index contributed by atoms with van der Waals surface area (Å²) in [4.78, 5) is 37.2. The lowest BCUT2D eigenvalue weighted by Gasteiger charge is -2.16. The summed E-state index contributed by atoms with van der Waals surface area (Å²) in [6.45, 7) is 5.22. The molecule has 0 spiro atoms. The maximum absolute atomic E-state index is 12.1. The molecular formula is C17H23N3O3. The molecule has 23 heavy (non-hydrogen) atoms. The first-order chi connectivity index (χ1) is 11.0. The van der Waals surface area contributed by atoms with Crippen LogP contribution >= 0.6 is 0 Å². The highest BCUT2D eigenvalue weighted by Gasteiger charge is 2.34. The Hall–Kier alpha value is -2.37. The van der Waals surface area contributed by atoms with Crippen molar-refractivity contribution in [3.05, 3.63) is 35.4 Å². The molecule has 2 N–H and O–H groups in total. The van der Waals surface area contributed by atoms with Gasteiger partial charge in [0.15, 0.2) is 0 Å². The zero-order valence-corrected chi connectivity index (χ0v) is 13.6. The van der Waals surface area contributed by atoms with Crippen LogP contribution in [0.1, 0.15) is 24.5 Å². The Labute approximate surface area is 136 Å². The summed E-state index contributed by atoms with van der Waals surface area (Å²) in [7, 11) is 0.